The molecule has 0 amide bonds. The van der Waals surface area contributed by atoms with Gasteiger partial charge in [-0.05, 0) is 6.07 Å². The van der Waals surface area contributed by atoms with Gasteiger partial charge in [0.1, 0.15) is 11.6 Å². The van der Waals surface area contributed by atoms with Crippen molar-refractivity contribution in [2.75, 3.05) is 5.73 Å². The lowest BCUT2D eigenvalue weighted by Gasteiger charge is -2.05. The monoisotopic (exact) mass is 223 g/mol. The van der Waals surface area contributed by atoms with Crippen LogP contribution in [0.4, 0.5) is 18.9 Å². The number of halogens is 3. The number of hydrogen-bond donors (Lipinski definition) is 1. The highest BCUT2D eigenvalue weighted by molar-refractivity contribution is 5.93. The Balaban J connectivity index is 2.98. The molecule has 0 unspecified atom stereocenters. The SMILES string of the molecule is N#Cc1cnc2c(F)c(F)c(F)cc2c1N. The van der Waals surface area contributed by atoms with E-state index in [1.165, 1.54) is 0 Å². The minimum absolute atomic E-state index is 0.0158. The highest BCUT2D eigenvalue weighted by Crippen LogP contribution is 2.27. The number of nitrogen functional groups attached to an aromatic ring is 1. The van der Waals surface area contributed by atoms with E-state index in [0.29, 0.717) is 0 Å². The van der Waals surface area contributed by atoms with Crippen LogP contribution >= 0.6 is 0 Å². The van der Waals surface area contributed by atoms with E-state index in [0.717, 1.165) is 12.3 Å². The van der Waals surface area contributed by atoms with Crippen molar-refractivity contribution in [3.63, 3.8) is 0 Å². The third-order valence-electron chi connectivity index (χ3n) is 2.16. The molecular weight excluding hydrogens is 219 g/mol. The first-order valence-electron chi connectivity index (χ1n) is 4.18. The van der Waals surface area contributed by atoms with E-state index in [4.69, 9.17) is 11.0 Å². The van der Waals surface area contributed by atoms with Gasteiger partial charge in [0.2, 0.25) is 0 Å². The Hall–Kier alpha value is -2.29. The second kappa shape index (κ2) is 3.38. The summed E-state index contributed by atoms with van der Waals surface area (Å²) in [6.07, 6.45) is 1.01. The predicted octanol–water partition coefficient (Wildman–Crippen LogP) is 2.11. The van der Waals surface area contributed by atoms with Crippen molar-refractivity contribution in [2.24, 2.45) is 0 Å². The highest BCUT2D eigenvalue weighted by atomic mass is 19.2. The van der Waals surface area contributed by atoms with E-state index in [1.54, 1.807) is 6.07 Å². The van der Waals surface area contributed by atoms with E-state index in [1.807, 2.05) is 0 Å². The number of nitrogens with two attached hydrogens (primary N) is 1. The summed E-state index contributed by atoms with van der Waals surface area (Å²) in [5.41, 5.74) is 4.97. The molecule has 3 nitrogen and oxygen atoms in total. The maximum Gasteiger partial charge on any atom is 0.196 e. The Bertz CT molecular complexity index is 631. The summed E-state index contributed by atoms with van der Waals surface area (Å²) in [6.45, 7) is 0. The van der Waals surface area contributed by atoms with Crippen LogP contribution < -0.4 is 5.73 Å². The molecule has 0 spiro atoms. The molecule has 2 N–H and O–H groups in total. The van der Waals surface area contributed by atoms with E-state index in [9.17, 15) is 13.2 Å². The first-order valence-corrected chi connectivity index (χ1v) is 4.18. The molecule has 0 aliphatic carbocycles. The highest BCUT2D eigenvalue weighted by Gasteiger charge is 2.17. The summed E-state index contributed by atoms with van der Waals surface area (Å²) in [5, 5.41) is 8.52. The normalized spacial score (nSPS) is 10.4. The molecule has 0 aliphatic rings. The fourth-order valence-electron chi connectivity index (χ4n) is 1.35. The molecule has 0 saturated carbocycles. The maximum absolute atomic E-state index is 13.3. The maximum atomic E-state index is 13.3. The molecule has 1 aromatic carbocycles. The van der Waals surface area contributed by atoms with Gasteiger partial charge in [-0.1, -0.05) is 0 Å². The van der Waals surface area contributed by atoms with Gasteiger partial charge in [-0.3, -0.25) is 4.98 Å². The Morgan fingerprint density at radius 3 is 2.56 bits per heavy atom. The largest absolute Gasteiger partial charge is 0.397 e. The van der Waals surface area contributed by atoms with Crippen LogP contribution in [0.15, 0.2) is 12.3 Å². The van der Waals surface area contributed by atoms with Gasteiger partial charge in [-0.25, -0.2) is 13.2 Å². The summed E-state index contributed by atoms with van der Waals surface area (Å²) < 4.78 is 39.1. The van der Waals surface area contributed by atoms with Crippen LogP contribution in [-0.2, 0) is 0 Å². The standard InChI is InChI=1S/C10H4F3N3/c11-6-1-5-9(15)4(2-14)3-16-10(5)8(13)7(6)12/h1,3H,(H2,15,16). The van der Waals surface area contributed by atoms with Crippen LogP contribution in [0.5, 0.6) is 0 Å². The summed E-state index contributed by atoms with van der Waals surface area (Å²) in [5.74, 6) is -4.39. The second-order valence-electron chi connectivity index (χ2n) is 3.08. The van der Waals surface area contributed by atoms with Gasteiger partial charge in [0.25, 0.3) is 0 Å². The van der Waals surface area contributed by atoms with Gasteiger partial charge >= 0.3 is 0 Å². The third kappa shape index (κ3) is 1.26. The number of aromatic nitrogens is 1. The molecule has 0 saturated heterocycles. The number of nitrogens with zero attached hydrogens (tertiary/aromatic N) is 2. The van der Waals surface area contributed by atoms with Crippen LogP contribution in [-0.4, -0.2) is 4.98 Å². The lowest BCUT2D eigenvalue weighted by atomic mass is 10.1. The Morgan fingerprint density at radius 2 is 1.94 bits per heavy atom. The summed E-state index contributed by atoms with van der Waals surface area (Å²) >= 11 is 0. The van der Waals surface area contributed by atoms with Crippen LogP contribution in [0.2, 0.25) is 0 Å². The van der Waals surface area contributed by atoms with E-state index in [2.05, 4.69) is 4.98 Å². The Morgan fingerprint density at radius 1 is 1.25 bits per heavy atom. The molecule has 0 radical (unpaired) electrons. The van der Waals surface area contributed by atoms with E-state index in [-0.39, 0.29) is 16.6 Å². The number of benzene rings is 1. The lowest BCUT2D eigenvalue weighted by molar-refractivity contribution is 0.452. The first kappa shape index (κ1) is 10.2. The number of anilines is 1. The lowest BCUT2D eigenvalue weighted by Crippen LogP contribution is -1.99. The van der Waals surface area contributed by atoms with Gasteiger partial charge in [0.15, 0.2) is 17.5 Å². The zero-order chi connectivity index (χ0) is 11.9. The summed E-state index contributed by atoms with van der Waals surface area (Å²) in [4.78, 5) is 3.53. The summed E-state index contributed by atoms with van der Waals surface area (Å²) in [7, 11) is 0. The van der Waals surface area contributed by atoms with Crippen molar-refractivity contribution < 1.29 is 13.2 Å². The Labute approximate surface area is 87.9 Å². The third-order valence-corrected chi connectivity index (χ3v) is 2.16. The van der Waals surface area contributed by atoms with Crippen molar-refractivity contribution in [1.82, 2.24) is 4.98 Å². The smallest absolute Gasteiger partial charge is 0.196 e. The first-order chi connectivity index (χ1) is 7.56. The van der Waals surface area contributed by atoms with Gasteiger partial charge < -0.3 is 5.73 Å². The topological polar surface area (TPSA) is 62.7 Å². The predicted molar refractivity (Wildman–Crippen MR) is 50.7 cm³/mol. The molecule has 6 heteroatoms. The van der Waals surface area contributed by atoms with Gasteiger partial charge in [-0.2, -0.15) is 5.26 Å². The number of pyridine rings is 1. The minimum Gasteiger partial charge on any atom is -0.397 e. The quantitative estimate of drug-likeness (QED) is 0.695. The van der Waals surface area contributed by atoms with Crippen molar-refractivity contribution in [3.05, 3.63) is 35.3 Å². The summed E-state index contributed by atoms with van der Waals surface area (Å²) in [6, 6.07) is 2.43. The average Bonchev–Trinajstić information content (AvgIpc) is 2.28. The average molecular weight is 223 g/mol. The van der Waals surface area contributed by atoms with Gasteiger partial charge in [-0.15, -0.1) is 0 Å². The molecule has 1 aromatic heterocycles. The number of hydrogen-bond acceptors (Lipinski definition) is 3. The number of fused-ring (bicyclic) bond motifs is 1. The van der Waals surface area contributed by atoms with Crippen LogP contribution in [0, 0.1) is 28.8 Å². The van der Waals surface area contributed by atoms with Gasteiger partial charge in [0, 0.05) is 11.6 Å². The van der Waals surface area contributed by atoms with Crippen molar-refractivity contribution >= 4 is 16.6 Å². The number of nitriles is 1. The molecular formula is C10H4F3N3. The number of rotatable bonds is 0. The zero-order valence-corrected chi connectivity index (χ0v) is 7.76. The van der Waals surface area contributed by atoms with Crippen LogP contribution in [0.25, 0.3) is 10.9 Å². The van der Waals surface area contributed by atoms with Crippen molar-refractivity contribution in [2.45, 2.75) is 0 Å². The Kier molecular flexibility index (Phi) is 2.16. The second-order valence-corrected chi connectivity index (χ2v) is 3.08. The molecule has 2 rings (SSSR count). The molecule has 80 valence electrons. The van der Waals surface area contributed by atoms with Crippen molar-refractivity contribution in [1.29, 1.82) is 5.26 Å². The van der Waals surface area contributed by atoms with E-state index >= 15 is 0 Å². The fraction of sp³-hybridized carbons (Fsp3) is 0. The van der Waals surface area contributed by atoms with Crippen LogP contribution in [0.1, 0.15) is 5.56 Å². The fourth-order valence-corrected chi connectivity index (χ4v) is 1.35. The molecule has 2 aromatic rings. The van der Waals surface area contributed by atoms with E-state index < -0.39 is 23.0 Å². The van der Waals surface area contributed by atoms with Gasteiger partial charge in [0.05, 0.1) is 11.3 Å². The molecule has 16 heavy (non-hydrogen) atoms. The molecule has 0 bridgehead atoms. The van der Waals surface area contributed by atoms with Crippen molar-refractivity contribution in [3.8, 4) is 6.07 Å². The minimum atomic E-state index is -1.61. The van der Waals surface area contributed by atoms with Crippen LogP contribution in [0.3, 0.4) is 0 Å². The molecule has 0 aliphatic heterocycles. The molecule has 0 atom stereocenters. The molecule has 1 heterocycles. The zero-order valence-electron chi connectivity index (χ0n) is 7.76. The molecule has 0 fully saturated rings.